The first-order valence-electron chi connectivity index (χ1n) is 5.32. The quantitative estimate of drug-likeness (QED) is 0.591. The summed E-state index contributed by atoms with van der Waals surface area (Å²) in [5.74, 6) is 2.58. The van der Waals surface area contributed by atoms with Crippen molar-refractivity contribution in [2.45, 2.75) is 0 Å². The number of nitrogens with zero attached hydrogens (tertiary/aromatic N) is 3. The average molecular weight is 339 g/mol. The van der Waals surface area contributed by atoms with E-state index in [4.69, 9.17) is 4.74 Å². The molecular formula is C12H10IN3O. The van der Waals surface area contributed by atoms with Crippen molar-refractivity contribution in [3.63, 3.8) is 0 Å². The summed E-state index contributed by atoms with van der Waals surface area (Å²) >= 11 is 2.20. The summed E-state index contributed by atoms with van der Waals surface area (Å²) in [4.78, 5) is 11.0. The monoisotopic (exact) mass is 339 g/mol. The van der Waals surface area contributed by atoms with Gasteiger partial charge in [0.2, 0.25) is 0 Å². The molecule has 0 fully saturated rings. The minimum absolute atomic E-state index is 0.659. The van der Waals surface area contributed by atoms with E-state index in [0.29, 0.717) is 6.61 Å². The van der Waals surface area contributed by atoms with E-state index in [1.165, 1.54) is 0 Å². The Balaban J connectivity index is 2.08. The first kappa shape index (κ1) is 10.8. The fourth-order valence-corrected chi connectivity index (χ4v) is 2.22. The molecule has 3 heterocycles. The molecule has 1 aliphatic rings. The molecule has 0 radical (unpaired) electrons. The summed E-state index contributed by atoms with van der Waals surface area (Å²) in [5.41, 5.74) is 0. The van der Waals surface area contributed by atoms with E-state index in [0.717, 1.165) is 27.6 Å². The fraction of sp³-hybridized carbons (Fsp3) is 0.167. The standard InChI is InChI=1S/C12H10IN3O/c13-10-5-4-9-12(15-10)16(7-8-17-9)11-3-1-2-6-14-11/h1-6H,7-8H2. The van der Waals surface area contributed by atoms with Crippen LogP contribution in [0, 0.1) is 3.70 Å². The maximum absolute atomic E-state index is 5.59. The number of ether oxygens (including phenoxy) is 1. The van der Waals surface area contributed by atoms with Crippen LogP contribution < -0.4 is 9.64 Å². The molecule has 5 heteroatoms. The van der Waals surface area contributed by atoms with Gasteiger partial charge in [-0.25, -0.2) is 9.97 Å². The predicted octanol–water partition coefficient (Wildman–Crippen LogP) is 2.61. The molecule has 0 aromatic carbocycles. The second-order valence-electron chi connectivity index (χ2n) is 3.64. The molecule has 2 aromatic heterocycles. The Morgan fingerprint density at radius 3 is 3.00 bits per heavy atom. The van der Waals surface area contributed by atoms with E-state index < -0.39 is 0 Å². The molecule has 0 bridgehead atoms. The van der Waals surface area contributed by atoms with Crippen LogP contribution in [-0.4, -0.2) is 23.1 Å². The molecule has 0 N–H and O–H groups in total. The Labute approximate surface area is 113 Å². The largest absolute Gasteiger partial charge is 0.488 e. The third kappa shape index (κ3) is 2.06. The Morgan fingerprint density at radius 1 is 1.24 bits per heavy atom. The molecule has 17 heavy (non-hydrogen) atoms. The molecule has 0 spiro atoms. The van der Waals surface area contributed by atoms with E-state index in [1.807, 2.05) is 30.3 Å². The molecule has 2 aromatic rings. The van der Waals surface area contributed by atoms with Crippen LogP contribution in [0.25, 0.3) is 0 Å². The number of hydrogen-bond donors (Lipinski definition) is 0. The summed E-state index contributed by atoms with van der Waals surface area (Å²) in [6, 6.07) is 9.77. The fourth-order valence-electron chi connectivity index (χ4n) is 1.81. The number of hydrogen-bond acceptors (Lipinski definition) is 4. The van der Waals surface area contributed by atoms with Gasteiger partial charge in [-0.15, -0.1) is 0 Å². The molecule has 0 unspecified atom stereocenters. The highest BCUT2D eigenvalue weighted by atomic mass is 127. The van der Waals surface area contributed by atoms with Crippen LogP contribution in [-0.2, 0) is 0 Å². The highest BCUT2D eigenvalue weighted by molar-refractivity contribution is 14.1. The van der Waals surface area contributed by atoms with Crippen molar-refractivity contribution in [1.29, 1.82) is 0 Å². The lowest BCUT2D eigenvalue weighted by molar-refractivity contribution is 0.311. The predicted molar refractivity (Wildman–Crippen MR) is 73.7 cm³/mol. The number of aromatic nitrogens is 2. The van der Waals surface area contributed by atoms with E-state index in [9.17, 15) is 0 Å². The van der Waals surface area contributed by atoms with Crippen LogP contribution in [0.15, 0.2) is 36.5 Å². The lowest BCUT2D eigenvalue weighted by atomic mass is 10.3. The summed E-state index contributed by atoms with van der Waals surface area (Å²) in [6.45, 7) is 1.43. The molecule has 0 aliphatic carbocycles. The minimum Gasteiger partial charge on any atom is -0.488 e. The molecule has 1 aliphatic heterocycles. The number of anilines is 2. The van der Waals surface area contributed by atoms with Gasteiger partial charge in [0, 0.05) is 6.20 Å². The van der Waals surface area contributed by atoms with Gasteiger partial charge in [0.05, 0.1) is 6.54 Å². The number of pyridine rings is 2. The topological polar surface area (TPSA) is 38.2 Å². The minimum atomic E-state index is 0.659. The zero-order valence-electron chi connectivity index (χ0n) is 9.01. The van der Waals surface area contributed by atoms with Gasteiger partial charge in [0.25, 0.3) is 0 Å². The normalized spacial score (nSPS) is 14.1. The molecule has 0 saturated carbocycles. The van der Waals surface area contributed by atoms with Crippen LogP contribution in [0.2, 0.25) is 0 Å². The van der Waals surface area contributed by atoms with Crippen LogP contribution in [0.4, 0.5) is 11.6 Å². The number of fused-ring (bicyclic) bond motifs is 1. The highest BCUT2D eigenvalue weighted by Crippen LogP contribution is 2.33. The maximum Gasteiger partial charge on any atom is 0.178 e. The molecule has 0 amide bonds. The zero-order valence-corrected chi connectivity index (χ0v) is 11.2. The average Bonchev–Trinajstić information content (AvgIpc) is 2.39. The van der Waals surface area contributed by atoms with Gasteiger partial charge < -0.3 is 9.64 Å². The Hall–Kier alpha value is -1.37. The van der Waals surface area contributed by atoms with E-state index in [1.54, 1.807) is 6.20 Å². The van der Waals surface area contributed by atoms with Gasteiger partial charge in [0.15, 0.2) is 11.6 Å². The van der Waals surface area contributed by atoms with Gasteiger partial charge in [-0.2, -0.15) is 0 Å². The van der Waals surface area contributed by atoms with Crippen molar-refractivity contribution in [2.24, 2.45) is 0 Å². The zero-order chi connectivity index (χ0) is 11.7. The van der Waals surface area contributed by atoms with Crippen molar-refractivity contribution in [3.05, 3.63) is 40.2 Å². The number of rotatable bonds is 1. The Bertz CT molecular complexity index is 533. The van der Waals surface area contributed by atoms with Crippen LogP contribution in [0.1, 0.15) is 0 Å². The second-order valence-corrected chi connectivity index (χ2v) is 4.75. The molecule has 0 saturated heterocycles. The third-order valence-corrected chi connectivity index (χ3v) is 3.16. The Kier molecular flexibility index (Phi) is 2.84. The molecular weight excluding hydrogens is 329 g/mol. The van der Waals surface area contributed by atoms with Gasteiger partial charge in [0.1, 0.15) is 16.1 Å². The van der Waals surface area contributed by atoms with Crippen LogP contribution in [0.5, 0.6) is 5.75 Å². The highest BCUT2D eigenvalue weighted by Gasteiger charge is 2.21. The van der Waals surface area contributed by atoms with Gasteiger partial charge in [-0.05, 0) is 46.9 Å². The number of halogens is 1. The van der Waals surface area contributed by atoms with Crippen molar-refractivity contribution in [2.75, 3.05) is 18.1 Å². The van der Waals surface area contributed by atoms with E-state index >= 15 is 0 Å². The molecule has 3 rings (SSSR count). The smallest absolute Gasteiger partial charge is 0.178 e. The summed E-state index contributed by atoms with van der Waals surface area (Å²) < 4.78 is 6.55. The van der Waals surface area contributed by atoms with Crippen LogP contribution in [0.3, 0.4) is 0 Å². The molecule has 4 nitrogen and oxygen atoms in total. The van der Waals surface area contributed by atoms with Gasteiger partial charge in [-0.1, -0.05) is 6.07 Å². The van der Waals surface area contributed by atoms with Gasteiger partial charge in [-0.3, -0.25) is 0 Å². The lowest BCUT2D eigenvalue weighted by Crippen LogP contribution is -2.30. The summed E-state index contributed by atoms with van der Waals surface area (Å²) in [6.07, 6.45) is 1.79. The van der Waals surface area contributed by atoms with Crippen molar-refractivity contribution >= 4 is 34.2 Å². The van der Waals surface area contributed by atoms with E-state index in [2.05, 4.69) is 37.5 Å². The first-order valence-corrected chi connectivity index (χ1v) is 6.40. The first-order chi connectivity index (χ1) is 8.34. The van der Waals surface area contributed by atoms with Crippen LogP contribution >= 0.6 is 22.6 Å². The molecule has 86 valence electrons. The summed E-state index contributed by atoms with van der Waals surface area (Å²) in [7, 11) is 0. The maximum atomic E-state index is 5.59. The SMILES string of the molecule is Ic1ccc2c(n1)N(c1ccccn1)CCO2. The van der Waals surface area contributed by atoms with E-state index in [-0.39, 0.29) is 0 Å². The van der Waals surface area contributed by atoms with Gasteiger partial charge >= 0.3 is 0 Å². The second kappa shape index (κ2) is 4.48. The Morgan fingerprint density at radius 2 is 2.18 bits per heavy atom. The molecule has 0 atom stereocenters. The van der Waals surface area contributed by atoms with Crippen molar-refractivity contribution < 1.29 is 4.74 Å². The lowest BCUT2D eigenvalue weighted by Gasteiger charge is -2.29. The summed E-state index contributed by atoms with van der Waals surface area (Å²) in [5, 5.41) is 0. The third-order valence-electron chi connectivity index (χ3n) is 2.56. The van der Waals surface area contributed by atoms with Crippen molar-refractivity contribution in [1.82, 2.24) is 9.97 Å². The van der Waals surface area contributed by atoms with Crippen molar-refractivity contribution in [3.8, 4) is 5.75 Å².